The Labute approximate surface area is 192 Å². The highest BCUT2D eigenvalue weighted by Gasteiger charge is 2.35. The van der Waals surface area contributed by atoms with Crippen LogP contribution in [0.2, 0.25) is 5.02 Å². The third kappa shape index (κ3) is 5.79. The first-order valence-corrected chi connectivity index (χ1v) is 11.5. The summed E-state index contributed by atoms with van der Waals surface area (Å²) in [6, 6.07) is 9.04. The molecule has 0 radical (unpaired) electrons. The fraction of sp³-hybridized carbons (Fsp3) is 0.478. The lowest BCUT2D eigenvalue weighted by Crippen LogP contribution is -2.53. The van der Waals surface area contributed by atoms with E-state index in [4.69, 9.17) is 21.1 Å². The minimum atomic E-state index is -0.496. The molecule has 6 nitrogen and oxygen atoms in total. The van der Waals surface area contributed by atoms with Gasteiger partial charge in [0.05, 0.1) is 6.04 Å². The molecule has 1 aliphatic heterocycles. The maximum Gasteiger partial charge on any atom is 0.249 e. The Balaban J connectivity index is 1.79. The molecule has 1 aromatic carbocycles. The molecule has 1 aromatic heterocycles. The molecule has 2 amide bonds. The van der Waals surface area contributed by atoms with Gasteiger partial charge in [-0.1, -0.05) is 11.6 Å². The minimum absolute atomic E-state index is 0.00259. The molecule has 0 unspecified atom stereocenters. The highest BCUT2D eigenvalue weighted by atomic mass is 35.5. The normalized spacial score (nSPS) is 16.0. The van der Waals surface area contributed by atoms with E-state index in [-0.39, 0.29) is 31.0 Å². The number of thiophene rings is 1. The van der Waals surface area contributed by atoms with Crippen molar-refractivity contribution in [2.75, 3.05) is 33.4 Å². The molecule has 0 fully saturated rings. The van der Waals surface area contributed by atoms with E-state index in [1.807, 2.05) is 37.8 Å². The highest BCUT2D eigenvalue weighted by Crippen LogP contribution is 2.34. The van der Waals surface area contributed by atoms with Crippen LogP contribution in [-0.4, -0.2) is 60.6 Å². The molecule has 0 N–H and O–H groups in total. The first-order chi connectivity index (χ1) is 14.7. The van der Waals surface area contributed by atoms with E-state index in [1.54, 1.807) is 28.4 Å². The van der Waals surface area contributed by atoms with Crippen molar-refractivity contribution in [2.24, 2.45) is 0 Å². The van der Waals surface area contributed by atoms with E-state index in [0.717, 1.165) is 12.0 Å². The number of hydrogen-bond acceptors (Lipinski definition) is 5. The van der Waals surface area contributed by atoms with Gasteiger partial charge in [0.1, 0.15) is 25.5 Å². The van der Waals surface area contributed by atoms with Crippen LogP contribution in [0.5, 0.6) is 5.75 Å². The van der Waals surface area contributed by atoms with E-state index in [1.165, 1.54) is 12.0 Å². The largest absolute Gasteiger partial charge is 0.491 e. The average molecular weight is 465 g/mol. The first-order valence-electron chi connectivity index (χ1n) is 10.2. The topological polar surface area (TPSA) is 59.1 Å². The zero-order chi connectivity index (χ0) is 22.6. The van der Waals surface area contributed by atoms with Gasteiger partial charge in [-0.25, -0.2) is 0 Å². The number of methoxy groups -OCH3 is 1. The number of fused-ring (bicyclic) bond motifs is 1. The lowest BCUT2D eigenvalue weighted by Gasteiger charge is -2.40. The second-order valence-electron chi connectivity index (χ2n) is 8.50. The van der Waals surface area contributed by atoms with E-state index < -0.39 is 5.54 Å². The zero-order valence-corrected chi connectivity index (χ0v) is 20.0. The Kier molecular flexibility index (Phi) is 7.62. The van der Waals surface area contributed by atoms with Crippen LogP contribution < -0.4 is 4.74 Å². The summed E-state index contributed by atoms with van der Waals surface area (Å²) >= 11 is 7.67. The Morgan fingerprint density at radius 3 is 2.58 bits per heavy atom. The molecule has 0 saturated heterocycles. The summed E-state index contributed by atoms with van der Waals surface area (Å²) in [4.78, 5) is 30.7. The molecule has 1 aliphatic rings. The summed E-state index contributed by atoms with van der Waals surface area (Å²) in [5.41, 5.74) is 0.619. The fourth-order valence-corrected chi connectivity index (χ4v) is 4.76. The molecule has 0 bridgehead atoms. The van der Waals surface area contributed by atoms with Gasteiger partial charge in [0.25, 0.3) is 0 Å². The molecule has 31 heavy (non-hydrogen) atoms. The van der Waals surface area contributed by atoms with Gasteiger partial charge in [-0.2, -0.15) is 0 Å². The van der Waals surface area contributed by atoms with Gasteiger partial charge in [0.2, 0.25) is 11.8 Å². The average Bonchev–Trinajstić information content (AvgIpc) is 3.19. The summed E-state index contributed by atoms with van der Waals surface area (Å²) in [5, 5.41) is 2.70. The SMILES string of the molecule is COCC(=O)N(CC(=O)N1CCc2sccc2[C@H]1COc1ccc(Cl)cc1)C(C)(C)C. The van der Waals surface area contributed by atoms with Crippen LogP contribution in [0.1, 0.15) is 37.3 Å². The molecule has 0 saturated carbocycles. The van der Waals surface area contributed by atoms with Crippen molar-refractivity contribution in [1.29, 1.82) is 0 Å². The first kappa shape index (κ1) is 23.6. The summed E-state index contributed by atoms with van der Waals surface area (Å²) in [7, 11) is 1.48. The van der Waals surface area contributed by atoms with E-state index in [9.17, 15) is 9.59 Å². The zero-order valence-electron chi connectivity index (χ0n) is 18.4. The quantitative estimate of drug-likeness (QED) is 0.616. The molecule has 2 heterocycles. The minimum Gasteiger partial charge on any atom is -0.491 e. The summed E-state index contributed by atoms with van der Waals surface area (Å²) in [6.07, 6.45) is 0.803. The van der Waals surface area contributed by atoms with Crippen molar-refractivity contribution in [1.82, 2.24) is 9.80 Å². The predicted molar refractivity (Wildman–Crippen MR) is 123 cm³/mol. The fourth-order valence-electron chi connectivity index (χ4n) is 3.71. The Bertz CT molecular complexity index is 907. The van der Waals surface area contributed by atoms with Gasteiger partial charge in [0, 0.05) is 29.1 Å². The molecule has 2 aromatic rings. The molecule has 1 atom stereocenters. The monoisotopic (exact) mass is 464 g/mol. The maximum atomic E-state index is 13.4. The van der Waals surface area contributed by atoms with Crippen LogP contribution in [0.4, 0.5) is 0 Å². The number of benzene rings is 1. The molecule has 8 heteroatoms. The van der Waals surface area contributed by atoms with Gasteiger partial charge in [-0.05, 0) is 68.5 Å². The molecular weight excluding hydrogens is 436 g/mol. The van der Waals surface area contributed by atoms with E-state index in [0.29, 0.717) is 23.9 Å². The summed E-state index contributed by atoms with van der Waals surface area (Å²) < 4.78 is 11.0. The van der Waals surface area contributed by atoms with Crippen molar-refractivity contribution < 1.29 is 19.1 Å². The maximum absolute atomic E-state index is 13.4. The van der Waals surface area contributed by atoms with Gasteiger partial charge in [-0.15, -0.1) is 11.3 Å². The van der Waals surface area contributed by atoms with Crippen LogP contribution in [-0.2, 0) is 20.7 Å². The number of ether oxygens (including phenoxy) is 2. The third-order valence-corrected chi connectivity index (χ3v) is 6.56. The van der Waals surface area contributed by atoms with Gasteiger partial charge in [0.15, 0.2) is 0 Å². The molecule has 168 valence electrons. The van der Waals surface area contributed by atoms with Crippen molar-refractivity contribution in [2.45, 2.75) is 38.8 Å². The standard InChI is InChI=1S/C23H29ClN2O4S/c1-23(2,3)26(22(28)15-29-4)13-21(27)25-11-9-20-18(10-12-31-20)19(25)14-30-17-7-5-16(24)6-8-17/h5-8,10,12,19H,9,11,13-15H2,1-4H3/t19-/m1/s1. The predicted octanol–water partition coefficient (Wildman–Crippen LogP) is 4.18. The number of carbonyl (C=O) groups is 2. The molecular formula is C23H29ClN2O4S. The van der Waals surface area contributed by atoms with Crippen LogP contribution in [0.25, 0.3) is 0 Å². The summed E-state index contributed by atoms with van der Waals surface area (Å²) in [5.74, 6) is 0.400. The number of hydrogen-bond donors (Lipinski definition) is 0. The van der Waals surface area contributed by atoms with Crippen LogP contribution in [0, 0.1) is 0 Å². The number of rotatable bonds is 7. The van der Waals surface area contributed by atoms with Gasteiger partial charge < -0.3 is 19.3 Å². The molecule has 3 rings (SSSR count). The lowest BCUT2D eigenvalue weighted by atomic mass is 10.00. The van der Waals surface area contributed by atoms with Crippen LogP contribution in [0.3, 0.4) is 0 Å². The Hall–Kier alpha value is -2.09. The third-order valence-electron chi connectivity index (χ3n) is 5.31. The second kappa shape index (κ2) is 10.0. The second-order valence-corrected chi connectivity index (χ2v) is 9.94. The van der Waals surface area contributed by atoms with Gasteiger partial charge >= 0.3 is 0 Å². The van der Waals surface area contributed by atoms with Crippen molar-refractivity contribution in [3.05, 3.63) is 51.2 Å². The van der Waals surface area contributed by atoms with Gasteiger partial charge in [-0.3, -0.25) is 9.59 Å². The van der Waals surface area contributed by atoms with E-state index in [2.05, 4.69) is 11.4 Å². The van der Waals surface area contributed by atoms with E-state index >= 15 is 0 Å². The Morgan fingerprint density at radius 2 is 1.94 bits per heavy atom. The number of carbonyl (C=O) groups excluding carboxylic acids is 2. The smallest absolute Gasteiger partial charge is 0.249 e. The van der Waals surface area contributed by atoms with Crippen LogP contribution in [0.15, 0.2) is 35.7 Å². The summed E-state index contributed by atoms with van der Waals surface area (Å²) in [6.45, 7) is 6.63. The lowest BCUT2D eigenvalue weighted by molar-refractivity contribution is -0.148. The Morgan fingerprint density at radius 1 is 1.23 bits per heavy atom. The van der Waals surface area contributed by atoms with Crippen molar-refractivity contribution in [3.8, 4) is 5.75 Å². The number of halogens is 1. The van der Waals surface area contributed by atoms with Crippen molar-refractivity contribution >= 4 is 34.8 Å². The van der Waals surface area contributed by atoms with Crippen molar-refractivity contribution in [3.63, 3.8) is 0 Å². The molecule has 0 aliphatic carbocycles. The molecule has 0 spiro atoms. The number of amides is 2. The highest BCUT2D eigenvalue weighted by molar-refractivity contribution is 7.10. The number of nitrogens with zero attached hydrogens (tertiary/aromatic N) is 2. The van der Waals surface area contributed by atoms with Crippen LogP contribution >= 0.6 is 22.9 Å².